The molecule has 0 unspecified atom stereocenters. The lowest BCUT2D eigenvalue weighted by Gasteiger charge is -2.35. The number of carbonyl (C=O) groups excluding carboxylic acids is 1. The van der Waals surface area contributed by atoms with Crippen LogP contribution in [0.25, 0.3) is 0 Å². The average Bonchev–Trinajstić information content (AvgIpc) is 2.15. The Balaban J connectivity index is 2.53. The highest BCUT2D eigenvalue weighted by atomic mass is 32.2. The van der Waals surface area contributed by atoms with Crippen LogP contribution in [-0.2, 0) is 14.8 Å². The third-order valence-electron chi connectivity index (χ3n) is 2.94. The first-order valence-electron chi connectivity index (χ1n) is 5.01. The predicted octanol–water partition coefficient (Wildman–Crippen LogP) is -0.111. The van der Waals surface area contributed by atoms with Gasteiger partial charge in [-0.2, -0.15) is 0 Å². The van der Waals surface area contributed by atoms with E-state index in [4.69, 9.17) is 0 Å². The van der Waals surface area contributed by atoms with Gasteiger partial charge in [-0.15, -0.1) is 0 Å². The summed E-state index contributed by atoms with van der Waals surface area (Å²) in [4.78, 5) is 12.8. The molecule has 1 amide bonds. The van der Waals surface area contributed by atoms with E-state index in [1.807, 2.05) is 0 Å². The molecule has 0 aromatic rings. The van der Waals surface area contributed by atoms with E-state index in [9.17, 15) is 13.2 Å². The van der Waals surface area contributed by atoms with Crippen molar-refractivity contribution in [2.75, 3.05) is 26.4 Å². The fraction of sp³-hybridized carbons (Fsp3) is 0.889. The lowest BCUT2D eigenvalue weighted by Crippen LogP contribution is -2.46. The Bertz CT molecular complexity index is 331. The Morgan fingerprint density at radius 1 is 1.33 bits per heavy atom. The van der Waals surface area contributed by atoms with Crippen molar-refractivity contribution in [1.29, 1.82) is 0 Å². The molecule has 0 N–H and O–H groups in total. The number of sulfonamides is 1. The van der Waals surface area contributed by atoms with Crippen molar-refractivity contribution in [2.24, 2.45) is 0 Å². The molecule has 1 rings (SSSR count). The van der Waals surface area contributed by atoms with Crippen molar-refractivity contribution in [3.05, 3.63) is 0 Å². The molecule has 0 saturated carbocycles. The standard InChI is InChI=1S/C9H18N2O3S/c1-8(12)10(2)9-4-6-11(7-5-9)15(3,13)14/h9H,4-7H2,1-3H3. The smallest absolute Gasteiger partial charge is 0.219 e. The van der Waals surface area contributed by atoms with Crippen LogP contribution < -0.4 is 0 Å². The molecule has 0 aliphatic carbocycles. The van der Waals surface area contributed by atoms with E-state index in [1.54, 1.807) is 11.9 Å². The Morgan fingerprint density at radius 3 is 2.13 bits per heavy atom. The zero-order chi connectivity index (χ0) is 11.6. The van der Waals surface area contributed by atoms with Crippen molar-refractivity contribution in [2.45, 2.75) is 25.8 Å². The normalized spacial score (nSPS) is 20.2. The zero-order valence-electron chi connectivity index (χ0n) is 9.43. The van der Waals surface area contributed by atoms with Crippen molar-refractivity contribution >= 4 is 15.9 Å². The molecule has 1 heterocycles. The minimum atomic E-state index is -3.07. The summed E-state index contributed by atoms with van der Waals surface area (Å²) in [5, 5.41) is 0. The van der Waals surface area contributed by atoms with Crippen LogP contribution >= 0.6 is 0 Å². The summed E-state index contributed by atoms with van der Waals surface area (Å²) in [6, 6.07) is 0.181. The van der Waals surface area contributed by atoms with E-state index in [0.717, 1.165) is 12.8 Å². The molecule has 6 heteroatoms. The largest absolute Gasteiger partial charge is 0.343 e. The van der Waals surface area contributed by atoms with E-state index in [1.165, 1.54) is 17.5 Å². The number of nitrogens with zero attached hydrogens (tertiary/aromatic N) is 2. The van der Waals surface area contributed by atoms with Gasteiger partial charge in [0.2, 0.25) is 15.9 Å². The van der Waals surface area contributed by atoms with E-state index in [0.29, 0.717) is 13.1 Å². The van der Waals surface area contributed by atoms with Gasteiger partial charge in [-0.25, -0.2) is 12.7 Å². The Hall–Kier alpha value is -0.620. The zero-order valence-corrected chi connectivity index (χ0v) is 10.2. The van der Waals surface area contributed by atoms with Crippen LogP contribution in [0.15, 0.2) is 0 Å². The molecule has 1 fully saturated rings. The second-order valence-corrected chi connectivity index (χ2v) is 6.01. The highest BCUT2D eigenvalue weighted by Gasteiger charge is 2.27. The summed E-state index contributed by atoms with van der Waals surface area (Å²) in [6.07, 6.45) is 2.67. The number of rotatable bonds is 2. The van der Waals surface area contributed by atoms with Gasteiger partial charge in [0.25, 0.3) is 0 Å². The van der Waals surface area contributed by atoms with Gasteiger partial charge in [-0.05, 0) is 12.8 Å². The van der Waals surface area contributed by atoms with Gasteiger partial charge in [0.1, 0.15) is 0 Å². The summed E-state index contributed by atoms with van der Waals surface area (Å²) in [7, 11) is -1.30. The van der Waals surface area contributed by atoms with Crippen LogP contribution in [0, 0.1) is 0 Å². The number of hydrogen-bond donors (Lipinski definition) is 0. The average molecular weight is 234 g/mol. The number of piperidine rings is 1. The molecular weight excluding hydrogens is 216 g/mol. The van der Waals surface area contributed by atoms with Gasteiger partial charge in [0.15, 0.2) is 0 Å². The molecule has 88 valence electrons. The maximum Gasteiger partial charge on any atom is 0.219 e. The molecule has 1 aliphatic heterocycles. The van der Waals surface area contributed by atoms with E-state index in [2.05, 4.69) is 0 Å². The SMILES string of the molecule is CC(=O)N(C)C1CCN(S(C)(=O)=O)CC1. The Labute approximate surface area is 91.1 Å². The van der Waals surface area contributed by atoms with Crippen LogP contribution in [0.1, 0.15) is 19.8 Å². The second kappa shape index (κ2) is 4.49. The fourth-order valence-electron chi connectivity index (χ4n) is 1.82. The minimum Gasteiger partial charge on any atom is -0.343 e. The number of carbonyl (C=O) groups is 1. The summed E-state index contributed by atoms with van der Waals surface area (Å²) in [6.45, 7) is 2.56. The highest BCUT2D eigenvalue weighted by molar-refractivity contribution is 7.88. The summed E-state index contributed by atoms with van der Waals surface area (Å²) in [5.74, 6) is 0.0350. The van der Waals surface area contributed by atoms with Gasteiger partial charge in [-0.1, -0.05) is 0 Å². The molecule has 5 nitrogen and oxygen atoms in total. The molecule has 15 heavy (non-hydrogen) atoms. The Kier molecular flexibility index (Phi) is 3.72. The van der Waals surface area contributed by atoms with Crippen molar-refractivity contribution in [3.63, 3.8) is 0 Å². The molecule has 0 spiro atoms. The van der Waals surface area contributed by atoms with Crippen LogP contribution in [0.2, 0.25) is 0 Å². The summed E-state index contributed by atoms with van der Waals surface area (Å²) in [5.41, 5.74) is 0. The summed E-state index contributed by atoms with van der Waals surface area (Å²) >= 11 is 0. The topological polar surface area (TPSA) is 57.7 Å². The second-order valence-electron chi connectivity index (χ2n) is 4.02. The molecule has 0 bridgehead atoms. The fourth-order valence-corrected chi connectivity index (χ4v) is 2.69. The molecule has 1 saturated heterocycles. The van der Waals surface area contributed by atoms with Crippen LogP contribution in [0.3, 0.4) is 0 Å². The van der Waals surface area contributed by atoms with E-state index in [-0.39, 0.29) is 11.9 Å². The first-order valence-corrected chi connectivity index (χ1v) is 6.85. The first-order chi connectivity index (χ1) is 6.82. The maximum absolute atomic E-state index is 11.2. The van der Waals surface area contributed by atoms with Gasteiger partial charge in [-0.3, -0.25) is 4.79 Å². The van der Waals surface area contributed by atoms with E-state index >= 15 is 0 Å². The van der Waals surface area contributed by atoms with Crippen molar-refractivity contribution < 1.29 is 13.2 Å². The maximum atomic E-state index is 11.2. The molecule has 1 aliphatic rings. The Morgan fingerprint density at radius 2 is 1.80 bits per heavy atom. The van der Waals surface area contributed by atoms with Crippen LogP contribution in [-0.4, -0.2) is 56.0 Å². The van der Waals surface area contributed by atoms with Crippen molar-refractivity contribution in [1.82, 2.24) is 9.21 Å². The van der Waals surface area contributed by atoms with Gasteiger partial charge < -0.3 is 4.90 Å². The van der Waals surface area contributed by atoms with Gasteiger partial charge in [0, 0.05) is 33.1 Å². The lowest BCUT2D eigenvalue weighted by molar-refractivity contribution is -0.130. The molecule has 0 aromatic heterocycles. The molecule has 0 radical (unpaired) electrons. The predicted molar refractivity (Wildman–Crippen MR) is 57.9 cm³/mol. The number of hydrogen-bond acceptors (Lipinski definition) is 3. The van der Waals surface area contributed by atoms with Crippen molar-refractivity contribution in [3.8, 4) is 0 Å². The molecule has 0 atom stereocenters. The minimum absolute atomic E-state index is 0.0350. The third-order valence-corrected chi connectivity index (χ3v) is 4.24. The lowest BCUT2D eigenvalue weighted by atomic mass is 10.1. The first kappa shape index (κ1) is 12.4. The van der Waals surface area contributed by atoms with Crippen LogP contribution in [0.4, 0.5) is 0 Å². The molecular formula is C9H18N2O3S. The molecule has 0 aromatic carbocycles. The van der Waals surface area contributed by atoms with E-state index < -0.39 is 10.0 Å². The highest BCUT2D eigenvalue weighted by Crippen LogP contribution is 2.17. The van der Waals surface area contributed by atoms with Gasteiger partial charge in [0.05, 0.1) is 6.26 Å². The van der Waals surface area contributed by atoms with Gasteiger partial charge >= 0.3 is 0 Å². The number of amides is 1. The quantitative estimate of drug-likeness (QED) is 0.670. The third kappa shape index (κ3) is 3.17. The summed E-state index contributed by atoms with van der Waals surface area (Å²) < 4.78 is 24.0. The monoisotopic (exact) mass is 234 g/mol. The van der Waals surface area contributed by atoms with Crippen LogP contribution in [0.5, 0.6) is 0 Å².